The first-order valence-corrected chi connectivity index (χ1v) is 7.07. The van der Waals surface area contributed by atoms with Crippen LogP contribution in [0.2, 0.25) is 0 Å². The highest BCUT2D eigenvalue weighted by atomic mass is 79.9. The Morgan fingerprint density at radius 3 is 2.78 bits per heavy atom. The molecule has 0 heterocycles. The Morgan fingerprint density at radius 1 is 1.61 bits per heavy atom. The zero-order chi connectivity index (χ0) is 13.7. The van der Waals surface area contributed by atoms with Crippen molar-refractivity contribution in [2.75, 3.05) is 0 Å². The molecule has 0 aromatic heterocycles. The maximum absolute atomic E-state index is 10.9. The molecule has 1 unspecified atom stereocenters. The summed E-state index contributed by atoms with van der Waals surface area (Å²) in [4.78, 5) is 21.3. The SMILES string of the molecule is CCC(SCc1ccc(Br)cc1[N+](=O)[O-])C(=O)O. The quantitative estimate of drug-likeness (QED) is 0.636. The summed E-state index contributed by atoms with van der Waals surface area (Å²) in [7, 11) is 0. The maximum Gasteiger partial charge on any atom is 0.316 e. The number of nitro groups is 1. The van der Waals surface area contributed by atoms with Gasteiger partial charge in [-0.3, -0.25) is 14.9 Å². The largest absolute Gasteiger partial charge is 0.480 e. The highest BCUT2D eigenvalue weighted by molar-refractivity contribution is 9.10. The standard InChI is InChI=1S/C11H12BrNO4S/c1-2-10(11(14)15)18-6-7-3-4-8(12)5-9(7)13(16)17/h3-5,10H,2,6H2,1H3,(H,14,15). The van der Waals surface area contributed by atoms with Gasteiger partial charge in [-0.05, 0) is 12.5 Å². The summed E-state index contributed by atoms with van der Waals surface area (Å²) in [6.07, 6.45) is 0.490. The number of carboxylic acids is 1. The Hall–Kier alpha value is -1.08. The number of hydrogen-bond acceptors (Lipinski definition) is 4. The van der Waals surface area contributed by atoms with Gasteiger partial charge >= 0.3 is 5.97 Å². The van der Waals surface area contributed by atoms with Crippen molar-refractivity contribution < 1.29 is 14.8 Å². The Kier molecular flexibility index (Phi) is 5.61. The van der Waals surface area contributed by atoms with Crippen LogP contribution in [-0.4, -0.2) is 21.2 Å². The van der Waals surface area contributed by atoms with Crippen molar-refractivity contribution in [1.82, 2.24) is 0 Å². The molecular formula is C11H12BrNO4S. The number of carbonyl (C=O) groups is 1. The van der Waals surface area contributed by atoms with E-state index >= 15 is 0 Å². The van der Waals surface area contributed by atoms with E-state index in [-0.39, 0.29) is 5.69 Å². The summed E-state index contributed by atoms with van der Waals surface area (Å²) in [5, 5.41) is 19.3. The van der Waals surface area contributed by atoms with Gasteiger partial charge in [-0.15, -0.1) is 11.8 Å². The zero-order valence-corrected chi connectivity index (χ0v) is 12.0. The molecule has 0 saturated heterocycles. The molecule has 0 aliphatic heterocycles. The normalized spacial score (nSPS) is 12.1. The first-order chi connectivity index (χ1) is 8.45. The van der Waals surface area contributed by atoms with Gasteiger partial charge in [-0.2, -0.15) is 0 Å². The molecule has 18 heavy (non-hydrogen) atoms. The van der Waals surface area contributed by atoms with E-state index in [0.717, 1.165) is 0 Å². The molecule has 98 valence electrons. The molecule has 0 amide bonds. The second-order valence-corrected chi connectivity index (χ2v) is 5.68. The van der Waals surface area contributed by atoms with Crippen LogP contribution >= 0.6 is 27.7 Å². The molecule has 0 aliphatic carbocycles. The minimum Gasteiger partial charge on any atom is -0.480 e. The van der Waals surface area contributed by atoms with Crippen LogP contribution in [0.3, 0.4) is 0 Å². The molecule has 1 atom stereocenters. The van der Waals surface area contributed by atoms with Crippen molar-refractivity contribution >= 4 is 39.3 Å². The fourth-order valence-electron chi connectivity index (χ4n) is 1.38. The highest BCUT2D eigenvalue weighted by Crippen LogP contribution is 2.29. The predicted molar refractivity (Wildman–Crippen MR) is 73.8 cm³/mol. The molecule has 0 aliphatic rings. The summed E-state index contributed by atoms with van der Waals surface area (Å²) in [6, 6.07) is 4.78. The summed E-state index contributed by atoms with van der Waals surface area (Å²) in [6.45, 7) is 1.78. The van der Waals surface area contributed by atoms with Gasteiger partial charge in [-0.1, -0.05) is 28.9 Å². The van der Waals surface area contributed by atoms with Crippen molar-refractivity contribution in [3.05, 3.63) is 38.3 Å². The van der Waals surface area contributed by atoms with Crippen LogP contribution in [0.25, 0.3) is 0 Å². The van der Waals surface area contributed by atoms with Crippen molar-refractivity contribution in [3.8, 4) is 0 Å². The fraction of sp³-hybridized carbons (Fsp3) is 0.364. The summed E-state index contributed by atoms with van der Waals surface area (Å²) in [5.74, 6) is -0.573. The van der Waals surface area contributed by atoms with E-state index < -0.39 is 16.1 Å². The van der Waals surface area contributed by atoms with Gasteiger partial charge in [-0.25, -0.2) is 0 Å². The Morgan fingerprint density at radius 2 is 2.28 bits per heavy atom. The summed E-state index contributed by atoms with van der Waals surface area (Å²) >= 11 is 4.38. The van der Waals surface area contributed by atoms with Crippen molar-refractivity contribution in [1.29, 1.82) is 0 Å². The molecule has 0 saturated carbocycles. The van der Waals surface area contributed by atoms with Crippen LogP contribution in [0.5, 0.6) is 0 Å². The third-order valence-electron chi connectivity index (χ3n) is 2.33. The van der Waals surface area contributed by atoms with Crippen molar-refractivity contribution in [3.63, 3.8) is 0 Å². The first kappa shape index (κ1) is 15.0. The second kappa shape index (κ2) is 6.75. The van der Waals surface area contributed by atoms with Crippen LogP contribution in [0.4, 0.5) is 5.69 Å². The number of aliphatic carboxylic acids is 1. The average Bonchev–Trinajstić information content (AvgIpc) is 2.30. The number of thioether (sulfide) groups is 1. The second-order valence-electron chi connectivity index (χ2n) is 3.58. The Bertz CT molecular complexity index is 466. The van der Waals surface area contributed by atoms with Gasteiger partial charge < -0.3 is 5.11 Å². The molecule has 5 nitrogen and oxygen atoms in total. The van der Waals surface area contributed by atoms with Crippen LogP contribution in [-0.2, 0) is 10.5 Å². The van der Waals surface area contributed by atoms with Gasteiger partial charge in [0.15, 0.2) is 0 Å². The molecule has 0 fully saturated rings. The summed E-state index contributed by atoms with van der Waals surface area (Å²) < 4.78 is 0.633. The molecule has 0 bridgehead atoms. The number of benzene rings is 1. The molecule has 1 rings (SSSR count). The molecule has 0 radical (unpaired) electrons. The lowest BCUT2D eigenvalue weighted by atomic mass is 10.2. The minimum absolute atomic E-state index is 0.0112. The zero-order valence-electron chi connectivity index (χ0n) is 9.63. The number of carboxylic acid groups (broad SMARTS) is 1. The van der Waals surface area contributed by atoms with Gasteiger partial charge in [0.05, 0.1) is 4.92 Å². The lowest BCUT2D eigenvalue weighted by molar-refractivity contribution is -0.385. The predicted octanol–water partition coefficient (Wildman–Crippen LogP) is 3.45. The lowest BCUT2D eigenvalue weighted by Crippen LogP contribution is -2.15. The van der Waals surface area contributed by atoms with Crippen molar-refractivity contribution in [2.24, 2.45) is 0 Å². The number of rotatable bonds is 6. The van der Waals surface area contributed by atoms with E-state index in [4.69, 9.17) is 5.11 Å². The van der Waals surface area contributed by atoms with Gasteiger partial charge in [0.25, 0.3) is 5.69 Å². The van der Waals surface area contributed by atoms with E-state index in [2.05, 4.69) is 15.9 Å². The molecule has 0 spiro atoms. The smallest absolute Gasteiger partial charge is 0.316 e. The highest BCUT2D eigenvalue weighted by Gasteiger charge is 2.19. The van der Waals surface area contributed by atoms with Crippen molar-refractivity contribution in [2.45, 2.75) is 24.3 Å². The molecule has 1 N–H and O–H groups in total. The monoisotopic (exact) mass is 333 g/mol. The Labute approximate surface area is 117 Å². The number of hydrogen-bond donors (Lipinski definition) is 1. The Balaban J connectivity index is 2.84. The third-order valence-corrected chi connectivity index (χ3v) is 4.24. The van der Waals surface area contributed by atoms with Crippen LogP contribution in [0, 0.1) is 10.1 Å². The van der Waals surface area contributed by atoms with Gasteiger partial charge in [0.2, 0.25) is 0 Å². The maximum atomic E-state index is 10.9. The van der Waals surface area contributed by atoms with E-state index in [0.29, 0.717) is 22.2 Å². The van der Waals surface area contributed by atoms with Crippen LogP contribution in [0.15, 0.2) is 22.7 Å². The lowest BCUT2D eigenvalue weighted by Gasteiger charge is -2.09. The average molecular weight is 334 g/mol. The first-order valence-electron chi connectivity index (χ1n) is 5.23. The topological polar surface area (TPSA) is 80.4 Å². The minimum atomic E-state index is -0.887. The van der Waals surface area contributed by atoms with Gasteiger partial charge in [0, 0.05) is 21.9 Å². The van der Waals surface area contributed by atoms with Crippen LogP contribution < -0.4 is 0 Å². The van der Waals surface area contributed by atoms with Crippen LogP contribution in [0.1, 0.15) is 18.9 Å². The third kappa shape index (κ3) is 3.99. The molecule has 1 aromatic carbocycles. The van der Waals surface area contributed by atoms with E-state index in [1.807, 2.05) is 0 Å². The van der Waals surface area contributed by atoms with E-state index in [1.165, 1.54) is 17.8 Å². The van der Waals surface area contributed by atoms with E-state index in [1.54, 1.807) is 19.1 Å². The fourth-order valence-corrected chi connectivity index (χ4v) is 2.74. The molecule has 7 heteroatoms. The number of halogens is 1. The summed E-state index contributed by atoms with van der Waals surface area (Å²) in [5.41, 5.74) is 0.546. The molecular weight excluding hydrogens is 322 g/mol. The number of nitro benzene ring substituents is 1. The van der Waals surface area contributed by atoms with E-state index in [9.17, 15) is 14.9 Å². The number of nitrogens with zero attached hydrogens (tertiary/aromatic N) is 1. The van der Waals surface area contributed by atoms with Gasteiger partial charge in [0.1, 0.15) is 5.25 Å². The molecule has 1 aromatic rings.